The molecular weight excluding hydrogens is 332 g/mol. The summed E-state index contributed by atoms with van der Waals surface area (Å²) in [6, 6.07) is 13.7. The van der Waals surface area contributed by atoms with Crippen LogP contribution in [0.1, 0.15) is 29.3 Å². The lowest BCUT2D eigenvalue weighted by molar-refractivity contribution is -0.122. The average Bonchev–Trinajstić information content (AvgIpc) is 2.73. The molecule has 0 spiro atoms. The number of hydrogen-bond acceptors (Lipinski definition) is 4. The summed E-state index contributed by atoms with van der Waals surface area (Å²) in [5.74, 6) is -1.08. The van der Waals surface area contributed by atoms with Gasteiger partial charge in [0, 0.05) is 12.5 Å². The Bertz CT molecular complexity index is 862. The summed E-state index contributed by atoms with van der Waals surface area (Å²) in [7, 11) is 0. The maximum atomic E-state index is 12.7. The van der Waals surface area contributed by atoms with Crippen molar-refractivity contribution >= 4 is 29.2 Å². The number of para-hydroxylation sites is 2. The lowest BCUT2D eigenvalue weighted by atomic mass is 10.1. The number of nitrogens with one attached hydrogen (secondary N) is 1. The van der Waals surface area contributed by atoms with E-state index in [1.54, 1.807) is 49.4 Å². The van der Waals surface area contributed by atoms with E-state index in [0.29, 0.717) is 16.9 Å². The summed E-state index contributed by atoms with van der Waals surface area (Å²) < 4.78 is 5.19. The molecule has 6 nitrogen and oxygen atoms in total. The Hall–Kier alpha value is -3.15. The highest BCUT2D eigenvalue weighted by Gasteiger charge is 2.30. The summed E-state index contributed by atoms with van der Waals surface area (Å²) in [6.45, 7) is 3.28. The number of fused-ring (bicyclic) bond motifs is 1. The van der Waals surface area contributed by atoms with Gasteiger partial charge in [0.15, 0.2) is 6.61 Å². The largest absolute Gasteiger partial charge is 0.452 e. The molecule has 1 aliphatic heterocycles. The molecule has 2 aromatic carbocycles. The molecule has 0 saturated carbocycles. The van der Waals surface area contributed by atoms with Crippen molar-refractivity contribution in [2.75, 3.05) is 16.8 Å². The van der Waals surface area contributed by atoms with Crippen LogP contribution in [0.25, 0.3) is 0 Å². The number of benzene rings is 2. The molecule has 3 rings (SSSR count). The van der Waals surface area contributed by atoms with Crippen molar-refractivity contribution in [2.45, 2.75) is 26.3 Å². The number of carbonyl (C=O) groups is 3. The SMILES string of the molecule is Cc1cccc(C(=O)OCC(=O)N2c3ccccc3NC(=O)CC2C)c1. The molecule has 1 N–H and O–H groups in total. The van der Waals surface area contributed by atoms with Crippen LogP contribution in [-0.2, 0) is 14.3 Å². The normalized spacial score (nSPS) is 16.3. The summed E-state index contributed by atoms with van der Waals surface area (Å²) in [5, 5.41) is 2.79. The number of amides is 2. The Kier molecular flexibility index (Phi) is 5.02. The van der Waals surface area contributed by atoms with Gasteiger partial charge in [-0.3, -0.25) is 9.59 Å². The van der Waals surface area contributed by atoms with E-state index in [1.165, 1.54) is 4.90 Å². The van der Waals surface area contributed by atoms with E-state index in [0.717, 1.165) is 5.56 Å². The molecule has 1 heterocycles. The predicted molar refractivity (Wildman–Crippen MR) is 98.1 cm³/mol. The summed E-state index contributed by atoms with van der Waals surface area (Å²) in [5.41, 5.74) is 2.51. The van der Waals surface area contributed by atoms with Crippen LogP contribution in [0.3, 0.4) is 0 Å². The Labute approximate surface area is 151 Å². The third-order valence-corrected chi connectivity index (χ3v) is 4.21. The highest BCUT2D eigenvalue weighted by atomic mass is 16.5. The fourth-order valence-electron chi connectivity index (χ4n) is 3.02. The molecule has 26 heavy (non-hydrogen) atoms. The van der Waals surface area contributed by atoms with Crippen molar-refractivity contribution in [2.24, 2.45) is 0 Å². The van der Waals surface area contributed by atoms with Gasteiger partial charge in [0.05, 0.1) is 16.9 Å². The van der Waals surface area contributed by atoms with Gasteiger partial charge in [-0.05, 0) is 38.1 Å². The maximum absolute atomic E-state index is 12.7. The van der Waals surface area contributed by atoms with Gasteiger partial charge in [-0.15, -0.1) is 0 Å². The fraction of sp³-hybridized carbons (Fsp3) is 0.250. The van der Waals surface area contributed by atoms with Crippen LogP contribution in [0.2, 0.25) is 0 Å². The molecule has 0 fully saturated rings. The minimum Gasteiger partial charge on any atom is -0.452 e. The lowest BCUT2D eigenvalue weighted by Gasteiger charge is -2.27. The highest BCUT2D eigenvalue weighted by Crippen LogP contribution is 2.31. The number of nitrogens with zero attached hydrogens (tertiary/aromatic N) is 1. The quantitative estimate of drug-likeness (QED) is 0.862. The molecule has 134 valence electrons. The molecule has 0 aromatic heterocycles. The Balaban J connectivity index is 1.76. The van der Waals surface area contributed by atoms with Crippen molar-refractivity contribution in [1.82, 2.24) is 0 Å². The van der Waals surface area contributed by atoms with Crippen molar-refractivity contribution in [3.05, 3.63) is 59.7 Å². The monoisotopic (exact) mass is 352 g/mol. The highest BCUT2D eigenvalue weighted by molar-refractivity contribution is 6.05. The first-order valence-corrected chi connectivity index (χ1v) is 8.40. The molecule has 1 unspecified atom stereocenters. The first-order chi connectivity index (χ1) is 12.5. The van der Waals surface area contributed by atoms with Crippen molar-refractivity contribution < 1.29 is 19.1 Å². The number of hydrogen-bond donors (Lipinski definition) is 1. The maximum Gasteiger partial charge on any atom is 0.338 e. The topological polar surface area (TPSA) is 75.7 Å². The molecular formula is C20H20N2O4. The third-order valence-electron chi connectivity index (χ3n) is 4.21. The minimum absolute atomic E-state index is 0.156. The van der Waals surface area contributed by atoms with Crippen LogP contribution in [0, 0.1) is 6.92 Å². The van der Waals surface area contributed by atoms with Crippen LogP contribution < -0.4 is 10.2 Å². The summed E-state index contributed by atoms with van der Waals surface area (Å²) in [6.07, 6.45) is 0.173. The number of carbonyl (C=O) groups excluding carboxylic acids is 3. The van der Waals surface area contributed by atoms with Crippen LogP contribution in [0.4, 0.5) is 11.4 Å². The van der Waals surface area contributed by atoms with Gasteiger partial charge < -0.3 is 15.0 Å². The van der Waals surface area contributed by atoms with Crippen molar-refractivity contribution in [3.63, 3.8) is 0 Å². The second-order valence-electron chi connectivity index (χ2n) is 6.33. The van der Waals surface area contributed by atoms with E-state index in [9.17, 15) is 14.4 Å². The second kappa shape index (κ2) is 7.39. The van der Waals surface area contributed by atoms with Gasteiger partial charge >= 0.3 is 5.97 Å². The van der Waals surface area contributed by atoms with Gasteiger partial charge in [0.1, 0.15) is 0 Å². The van der Waals surface area contributed by atoms with E-state index in [4.69, 9.17) is 4.74 Å². The van der Waals surface area contributed by atoms with E-state index >= 15 is 0 Å². The Morgan fingerprint density at radius 1 is 1.19 bits per heavy atom. The van der Waals surface area contributed by atoms with Crippen molar-refractivity contribution in [3.8, 4) is 0 Å². The standard InChI is InChI=1S/C20H20N2O4/c1-13-6-5-7-15(10-13)20(25)26-12-19(24)22-14(2)11-18(23)21-16-8-3-4-9-17(16)22/h3-10,14H,11-12H2,1-2H3,(H,21,23). The second-order valence-corrected chi connectivity index (χ2v) is 6.33. The molecule has 1 atom stereocenters. The average molecular weight is 352 g/mol. The zero-order chi connectivity index (χ0) is 18.7. The zero-order valence-electron chi connectivity index (χ0n) is 14.7. The molecule has 2 aromatic rings. The van der Waals surface area contributed by atoms with E-state index in [2.05, 4.69) is 5.32 Å². The van der Waals surface area contributed by atoms with Gasteiger partial charge in [0.2, 0.25) is 5.91 Å². The molecule has 0 aliphatic carbocycles. The van der Waals surface area contributed by atoms with Crippen LogP contribution in [0.5, 0.6) is 0 Å². The van der Waals surface area contributed by atoms with Crippen LogP contribution in [-0.4, -0.2) is 30.4 Å². The number of anilines is 2. The molecule has 1 aliphatic rings. The van der Waals surface area contributed by atoms with Crippen LogP contribution in [0.15, 0.2) is 48.5 Å². The van der Waals surface area contributed by atoms with Crippen LogP contribution >= 0.6 is 0 Å². The van der Waals surface area contributed by atoms with Gasteiger partial charge in [-0.2, -0.15) is 0 Å². The predicted octanol–water partition coefficient (Wildman–Crippen LogP) is 2.92. The first kappa shape index (κ1) is 17.7. The minimum atomic E-state index is -0.549. The molecule has 0 bridgehead atoms. The number of rotatable bonds is 3. The van der Waals surface area contributed by atoms with E-state index in [-0.39, 0.29) is 30.9 Å². The Morgan fingerprint density at radius 3 is 2.73 bits per heavy atom. The van der Waals surface area contributed by atoms with E-state index in [1.807, 2.05) is 13.0 Å². The third kappa shape index (κ3) is 3.74. The zero-order valence-corrected chi connectivity index (χ0v) is 14.7. The van der Waals surface area contributed by atoms with Gasteiger partial charge in [0.25, 0.3) is 5.91 Å². The molecule has 0 radical (unpaired) electrons. The smallest absolute Gasteiger partial charge is 0.338 e. The molecule has 0 saturated heterocycles. The summed E-state index contributed by atoms with van der Waals surface area (Å²) in [4.78, 5) is 38.4. The van der Waals surface area contributed by atoms with Gasteiger partial charge in [-0.1, -0.05) is 29.8 Å². The summed E-state index contributed by atoms with van der Waals surface area (Å²) >= 11 is 0. The first-order valence-electron chi connectivity index (χ1n) is 8.40. The number of ether oxygens (including phenoxy) is 1. The number of aryl methyl sites for hydroxylation is 1. The van der Waals surface area contributed by atoms with E-state index < -0.39 is 5.97 Å². The lowest BCUT2D eigenvalue weighted by Crippen LogP contribution is -2.41. The number of esters is 1. The fourth-order valence-corrected chi connectivity index (χ4v) is 3.02. The molecule has 2 amide bonds. The molecule has 6 heteroatoms. The Morgan fingerprint density at radius 2 is 1.96 bits per heavy atom. The van der Waals surface area contributed by atoms with Gasteiger partial charge in [-0.25, -0.2) is 4.79 Å². The van der Waals surface area contributed by atoms with Crippen molar-refractivity contribution in [1.29, 1.82) is 0 Å².